The van der Waals surface area contributed by atoms with Crippen molar-refractivity contribution in [3.8, 4) is 22.8 Å². The van der Waals surface area contributed by atoms with Gasteiger partial charge in [0, 0.05) is 10.9 Å². The molecular weight excluding hydrogens is 417 g/mol. The fraction of sp³-hybridized carbons (Fsp3) is 0.200. The molecule has 0 spiro atoms. The maximum atomic E-state index is 6.25. The topological polar surface area (TPSA) is 55.7 Å². The average Bonchev–Trinajstić information content (AvgIpc) is 3.16. The highest BCUT2D eigenvalue weighted by Crippen LogP contribution is 2.34. The van der Waals surface area contributed by atoms with E-state index in [1.807, 2.05) is 36.6 Å². The van der Waals surface area contributed by atoms with Crippen molar-refractivity contribution in [2.24, 2.45) is 5.10 Å². The smallest absolute Gasteiger partial charge is 0.203 e. The van der Waals surface area contributed by atoms with Gasteiger partial charge in [0.1, 0.15) is 5.75 Å². The SMILES string of the molecule is CCCOc1c(Cl)cc(/C=N\Nc2nc(-c3ccccc3OC)cs2)cc1Cl. The van der Waals surface area contributed by atoms with Crippen molar-refractivity contribution in [2.75, 3.05) is 19.1 Å². The van der Waals surface area contributed by atoms with Crippen LogP contribution in [-0.4, -0.2) is 24.9 Å². The van der Waals surface area contributed by atoms with Gasteiger partial charge in [0.2, 0.25) is 5.13 Å². The number of benzene rings is 2. The van der Waals surface area contributed by atoms with Crippen molar-refractivity contribution in [1.29, 1.82) is 0 Å². The predicted molar refractivity (Wildman–Crippen MR) is 118 cm³/mol. The molecule has 8 heteroatoms. The molecule has 28 heavy (non-hydrogen) atoms. The fourth-order valence-electron chi connectivity index (χ4n) is 2.46. The number of nitrogens with zero attached hydrogens (tertiary/aromatic N) is 2. The highest BCUT2D eigenvalue weighted by Gasteiger charge is 2.10. The third kappa shape index (κ3) is 4.95. The molecule has 1 aromatic heterocycles. The van der Waals surface area contributed by atoms with Gasteiger partial charge in [-0.25, -0.2) is 4.98 Å². The summed E-state index contributed by atoms with van der Waals surface area (Å²) >= 11 is 14.0. The van der Waals surface area contributed by atoms with Gasteiger partial charge in [-0.05, 0) is 36.2 Å². The van der Waals surface area contributed by atoms with Crippen molar-refractivity contribution in [2.45, 2.75) is 13.3 Å². The summed E-state index contributed by atoms with van der Waals surface area (Å²) in [4.78, 5) is 4.54. The summed E-state index contributed by atoms with van der Waals surface area (Å²) < 4.78 is 11.0. The standard InChI is InChI=1S/C20H19Cl2N3O2S/c1-3-8-27-19-15(21)9-13(10-16(19)22)11-23-25-20-24-17(12-28-20)14-6-4-5-7-18(14)26-2/h4-7,9-12H,3,8H2,1-2H3,(H,24,25)/b23-11-. The predicted octanol–water partition coefficient (Wildman–Crippen LogP) is 6.36. The molecule has 2 aromatic carbocycles. The number of nitrogens with one attached hydrogen (secondary N) is 1. The van der Waals surface area contributed by atoms with Gasteiger partial charge in [-0.3, -0.25) is 5.43 Å². The molecule has 0 fully saturated rings. The molecule has 3 aromatic rings. The van der Waals surface area contributed by atoms with E-state index in [1.165, 1.54) is 11.3 Å². The summed E-state index contributed by atoms with van der Waals surface area (Å²) in [7, 11) is 1.64. The molecule has 146 valence electrons. The van der Waals surface area contributed by atoms with Gasteiger partial charge in [-0.2, -0.15) is 5.10 Å². The van der Waals surface area contributed by atoms with E-state index in [2.05, 4.69) is 15.5 Å². The van der Waals surface area contributed by atoms with E-state index >= 15 is 0 Å². The van der Waals surface area contributed by atoms with Crippen LogP contribution < -0.4 is 14.9 Å². The van der Waals surface area contributed by atoms with E-state index in [0.29, 0.717) is 27.5 Å². The van der Waals surface area contributed by atoms with E-state index in [9.17, 15) is 0 Å². The van der Waals surface area contributed by atoms with Gasteiger partial charge in [-0.1, -0.05) is 42.3 Å². The number of halogens is 2. The molecule has 0 saturated heterocycles. The summed E-state index contributed by atoms with van der Waals surface area (Å²) in [5, 5.41) is 7.74. The Morgan fingerprint density at radius 2 is 1.96 bits per heavy atom. The first-order valence-electron chi connectivity index (χ1n) is 8.62. The molecule has 0 radical (unpaired) electrons. The number of para-hydroxylation sites is 1. The summed E-state index contributed by atoms with van der Waals surface area (Å²) in [6.07, 6.45) is 2.51. The Labute approximate surface area is 177 Å². The Bertz CT molecular complexity index is 953. The third-order valence-corrected chi connectivity index (χ3v) is 5.04. The first-order chi connectivity index (χ1) is 13.6. The van der Waals surface area contributed by atoms with Crippen LogP contribution in [-0.2, 0) is 0 Å². The van der Waals surface area contributed by atoms with Gasteiger partial charge < -0.3 is 9.47 Å². The number of rotatable bonds is 8. The normalized spacial score (nSPS) is 11.0. The quantitative estimate of drug-likeness (QED) is 0.330. The van der Waals surface area contributed by atoms with Crippen molar-refractivity contribution in [1.82, 2.24) is 4.98 Å². The van der Waals surface area contributed by atoms with Crippen LogP contribution >= 0.6 is 34.5 Å². The molecular formula is C20H19Cl2N3O2S. The van der Waals surface area contributed by atoms with Crippen LogP contribution in [0.3, 0.4) is 0 Å². The van der Waals surface area contributed by atoms with Gasteiger partial charge in [0.25, 0.3) is 0 Å². The van der Waals surface area contributed by atoms with Crippen LogP contribution in [0, 0.1) is 0 Å². The number of aromatic nitrogens is 1. The summed E-state index contributed by atoms with van der Waals surface area (Å²) in [5.74, 6) is 1.27. The lowest BCUT2D eigenvalue weighted by Crippen LogP contribution is -1.97. The molecule has 0 amide bonds. The van der Waals surface area contributed by atoms with Crippen LogP contribution in [0.5, 0.6) is 11.5 Å². The van der Waals surface area contributed by atoms with Crippen molar-refractivity contribution >= 4 is 45.9 Å². The molecule has 0 aliphatic rings. The minimum Gasteiger partial charge on any atom is -0.496 e. The van der Waals surface area contributed by atoms with Crippen LogP contribution in [0.2, 0.25) is 10.0 Å². The molecule has 0 saturated carbocycles. The minimum absolute atomic E-state index is 0.454. The Morgan fingerprint density at radius 3 is 2.68 bits per heavy atom. The maximum Gasteiger partial charge on any atom is 0.203 e. The molecule has 0 bridgehead atoms. The lowest BCUT2D eigenvalue weighted by Gasteiger charge is -2.09. The monoisotopic (exact) mass is 435 g/mol. The highest BCUT2D eigenvalue weighted by atomic mass is 35.5. The highest BCUT2D eigenvalue weighted by molar-refractivity contribution is 7.14. The van der Waals surface area contributed by atoms with E-state index in [4.69, 9.17) is 32.7 Å². The third-order valence-electron chi connectivity index (χ3n) is 3.73. The second kappa shape index (κ2) is 9.78. The molecule has 0 aliphatic heterocycles. The number of hydrazone groups is 1. The van der Waals surface area contributed by atoms with E-state index < -0.39 is 0 Å². The van der Waals surface area contributed by atoms with E-state index in [1.54, 1.807) is 25.5 Å². The Balaban J connectivity index is 1.69. The lowest BCUT2D eigenvalue weighted by atomic mass is 10.1. The van der Waals surface area contributed by atoms with Gasteiger partial charge in [-0.15, -0.1) is 11.3 Å². The van der Waals surface area contributed by atoms with Crippen LogP contribution in [0.1, 0.15) is 18.9 Å². The Hall–Kier alpha value is -2.28. The Kier molecular flexibility index (Phi) is 7.14. The molecule has 0 atom stereocenters. The number of hydrogen-bond donors (Lipinski definition) is 1. The zero-order chi connectivity index (χ0) is 19.9. The maximum absolute atomic E-state index is 6.25. The summed E-state index contributed by atoms with van der Waals surface area (Å²) in [6, 6.07) is 11.3. The first-order valence-corrected chi connectivity index (χ1v) is 10.3. The van der Waals surface area contributed by atoms with E-state index in [-0.39, 0.29) is 0 Å². The Morgan fingerprint density at radius 1 is 1.21 bits per heavy atom. The largest absolute Gasteiger partial charge is 0.496 e. The van der Waals surface area contributed by atoms with Gasteiger partial charge >= 0.3 is 0 Å². The molecule has 1 N–H and O–H groups in total. The first kappa shape index (κ1) is 20.5. The average molecular weight is 436 g/mol. The van der Waals surface area contributed by atoms with Gasteiger partial charge in [0.15, 0.2) is 5.75 Å². The van der Waals surface area contributed by atoms with Crippen molar-refractivity contribution in [3.05, 3.63) is 57.4 Å². The number of thiazole rings is 1. The molecule has 0 aliphatic carbocycles. The number of ether oxygens (including phenoxy) is 2. The van der Waals surface area contributed by atoms with Crippen LogP contribution in [0.25, 0.3) is 11.3 Å². The molecule has 3 rings (SSSR count). The van der Waals surface area contributed by atoms with E-state index in [0.717, 1.165) is 29.0 Å². The summed E-state index contributed by atoms with van der Waals surface area (Å²) in [6.45, 7) is 2.58. The summed E-state index contributed by atoms with van der Waals surface area (Å²) in [5.41, 5.74) is 5.44. The number of methoxy groups -OCH3 is 1. The second-order valence-corrected chi connectivity index (χ2v) is 7.44. The van der Waals surface area contributed by atoms with Crippen molar-refractivity contribution in [3.63, 3.8) is 0 Å². The second-order valence-electron chi connectivity index (χ2n) is 5.77. The molecule has 5 nitrogen and oxygen atoms in total. The zero-order valence-electron chi connectivity index (χ0n) is 15.4. The number of hydrogen-bond acceptors (Lipinski definition) is 6. The lowest BCUT2D eigenvalue weighted by molar-refractivity contribution is 0.318. The van der Waals surface area contributed by atoms with Crippen molar-refractivity contribution < 1.29 is 9.47 Å². The molecule has 0 unspecified atom stereocenters. The van der Waals surface area contributed by atoms with Gasteiger partial charge in [0.05, 0.1) is 35.7 Å². The number of anilines is 1. The zero-order valence-corrected chi connectivity index (χ0v) is 17.7. The minimum atomic E-state index is 0.454. The fourth-order valence-corrected chi connectivity index (χ4v) is 3.74. The van der Waals surface area contributed by atoms with Crippen LogP contribution in [0.15, 0.2) is 46.9 Å². The van der Waals surface area contributed by atoms with Crippen LogP contribution in [0.4, 0.5) is 5.13 Å². The molecule has 1 heterocycles.